The second-order valence-corrected chi connectivity index (χ2v) is 9.80. The van der Waals surface area contributed by atoms with E-state index in [0.717, 1.165) is 16.2 Å². The lowest BCUT2D eigenvalue weighted by molar-refractivity contribution is -0.143. The van der Waals surface area contributed by atoms with Gasteiger partial charge in [0.05, 0.1) is 13.0 Å². The van der Waals surface area contributed by atoms with Gasteiger partial charge in [0.1, 0.15) is 6.61 Å². The molecule has 1 rings (SSSR count). The van der Waals surface area contributed by atoms with Crippen LogP contribution in [0.25, 0.3) is 0 Å². The van der Waals surface area contributed by atoms with Crippen LogP contribution in [0.3, 0.4) is 0 Å². The highest BCUT2D eigenvalue weighted by atomic mass is 32.2. The molecule has 1 aromatic heterocycles. The molecule has 0 aliphatic carbocycles. The smallest absolute Gasteiger partial charge is 0.306 e. The Labute approximate surface area is 145 Å². The van der Waals surface area contributed by atoms with Crippen molar-refractivity contribution in [1.29, 1.82) is 0 Å². The topological polar surface area (TPSA) is 63.6 Å². The Balaban J connectivity index is 2.60. The quantitative estimate of drug-likeness (QED) is 0.544. The molecule has 130 valence electrons. The van der Waals surface area contributed by atoms with Crippen LogP contribution >= 0.6 is 11.3 Å². The van der Waals surface area contributed by atoms with Gasteiger partial charge >= 0.3 is 5.97 Å². The first kappa shape index (κ1) is 20.1. The summed E-state index contributed by atoms with van der Waals surface area (Å²) >= 11 is 1.56. The molecule has 0 unspecified atom stereocenters. The summed E-state index contributed by atoms with van der Waals surface area (Å²) in [6.07, 6.45) is 2.41. The van der Waals surface area contributed by atoms with E-state index in [1.807, 2.05) is 32.9 Å². The number of aliphatic hydroxyl groups is 1. The summed E-state index contributed by atoms with van der Waals surface area (Å²) in [4.78, 5) is 13.7. The summed E-state index contributed by atoms with van der Waals surface area (Å²) in [6.45, 7) is 9.50. The highest BCUT2D eigenvalue weighted by Gasteiger charge is 2.21. The van der Waals surface area contributed by atoms with Crippen molar-refractivity contribution < 1.29 is 18.8 Å². The number of rotatable bonds is 9. The van der Waals surface area contributed by atoms with Gasteiger partial charge in [-0.3, -0.25) is 9.00 Å². The number of carbonyl (C=O) groups excluding carboxylic acids is 1. The summed E-state index contributed by atoms with van der Waals surface area (Å²) in [7, 11) is -0.880. The van der Waals surface area contributed by atoms with Crippen LogP contribution in [0.4, 0.5) is 0 Å². The van der Waals surface area contributed by atoms with Crippen molar-refractivity contribution in [2.45, 2.75) is 44.3 Å². The Morgan fingerprint density at radius 3 is 2.74 bits per heavy atom. The summed E-state index contributed by atoms with van der Waals surface area (Å²) in [5.41, 5.74) is 0. The molecule has 0 saturated heterocycles. The lowest BCUT2D eigenvalue weighted by atomic mass is 10.1. The summed E-state index contributed by atoms with van der Waals surface area (Å²) in [6, 6.07) is 3.92. The fourth-order valence-corrected chi connectivity index (χ4v) is 4.17. The SMILES string of the molecule is C=CCOC(=O)C[C@H](CO)c1ccc(CC[S@](=O)C(C)(C)C)s1. The fraction of sp³-hybridized carbons (Fsp3) is 0.588. The molecule has 6 heteroatoms. The monoisotopic (exact) mass is 358 g/mol. The maximum atomic E-state index is 12.1. The molecule has 0 spiro atoms. The standard InChI is InChI=1S/C17H26O4S2/c1-5-9-21-16(19)11-13(12-18)15-7-6-14(22-15)8-10-23(20)17(2,3)4/h5-7,13,18H,1,8-12H2,2-4H3/t13-,23+/m1/s1. The largest absolute Gasteiger partial charge is 0.461 e. The zero-order valence-corrected chi connectivity index (χ0v) is 15.7. The van der Waals surface area contributed by atoms with Crippen molar-refractivity contribution in [3.63, 3.8) is 0 Å². The number of aliphatic hydroxyl groups excluding tert-OH is 1. The average molecular weight is 359 g/mol. The molecule has 0 fully saturated rings. The van der Waals surface area contributed by atoms with E-state index in [2.05, 4.69) is 6.58 Å². The van der Waals surface area contributed by atoms with Crippen molar-refractivity contribution in [1.82, 2.24) is 0 Å². The van der Waals surface area contributed by atoms with Gasteiger partial charge in [-0.25, -0.2) is 0 Å². The van der Waals surface area contributed by atoms with Crippen LogP contribution in [-0.4, -0.2) is 39.0 Å². The van der Waals surface area contributed by atoms with Crippen LogP contribution in [0.2, 0.25) is 0 Å². The van der Waals surface area contributed by atoms with Crippen LogP contribution in [0.15, 0.2) is 24.8 Å². The Morgan fingerprint density at radius 1 is 1.48 bits per heavy atom. The van der Waals surface area contributed by atoms with Gasteiger partial charge in [-0.2, -0.15) is 0 Å². The number of hydrogen-bond donors (Lipinski definition) is 1. The van der Waals surface area contributed by atoms with Crippen molar-refractivity contribution in [2.24, 2.45) is 0 Å². The molecule has 1 aromatic rings. The van der Waals surface area contributed by atoms with E-state index in [4.69, 9.17) is 4.74 Å². The predicted molar refractivity (Wildman–Crippen MR) is 96.4 cm³/mol. The fourth-order valence-electron chi connectivity index (χ4n) is 1.91. The van der Waals surface area contributed by atoms with Crippen LogP contribution < -0.4 is 0 Å². The van der Waals surface area contributed by atoms with E-state index in [1.54, 1.807) is 11.3 Å². The maximum Gasteiger partial charge on any atom is 0.306 e. The van der Waals surface area contributed by atoms with Crippen LogP contribution in [0, 0.1) is 0 Å². The second-order valence-electron chi connectivity index (χ2n) is 6.27. The van der Waals surface area contributed by atoms with Crippen LogP contribution in [0.5, 0.6) is 0 Å². The van der Waals surface area contributed by atoms with Crippen LogP contribution in [-0.2, 0) is 26.8 Å². The van der Waals surface area contributed by atoms with Gasteiger partial charge in [-0.15, -0.1) is 11.3 Å². The zero-order chi connectivity index (χ0) is 17.5. The molecular formula is C17H26O4S2. The van der Waals surface area contributed by atoms with Crippen molar-refractivity contribution in [3.05, 3.63) is 34.5 Å². The molecule has 0 aromatic carbocycles. The van der Waals surface area contributed by atoms with E-state index in [-0.39, 0.29) is 36.3 Å². The highest BCUT2D eigenvalue weighted by molar-refractivity contribution is 7.86. The Hall–Kier alpha value is -0.980. The van der Waals surface area contributed by atoms with Crippen LogP contribution in [0.1, 0.15) is 42.9 Å². The number of ether oxygens (including phenoxy) is 1. The van der Waals surface area contributed by atoms with E-state index in [9.17, 15) is 14.1 Å². The highest BCUT2D eigenvalue weighted by Crippen LogP contribution is 2.28. The molecule has 0 aliphatic heterocycles. The van der Waals surface area contributed by atoms with Gasteiger partial charge in [0.15, 0.2) is 0 Å². The van der Waals surface area contributed by atoms with E-state index >= 15 is 0 Å². The predicted octanol–water partition coefficient (Wildman–Crippen LogP) is 3.03. The summed E-state index contributed by atoms with van der Waals surface area (Å²) in [5.74, 6) is 0.0288. The lowest BCUT2D eigenvalue weighted by Gasteiger charge is -2.17. The molecule has 23 heavy (non-hydrogen) atoms. The number of hydrogen-bond acceptors (Lipinski definition) is 5. The Bertz CT molecular complexity index is 543. The van der Waals surface area contributed by atoms with Gasteiger partial charge in [-0.05, 0) is 39.3 Å². The third kappa shape index (κ3) is 6.97. The number of aryl methyl sites for hydroxylation is 1. The number of esters is 1. The summed E-state index contributed by atoms with van der Waals surface area (Å²) in [5, 5.41) is 9.52. The normalized spacial score (nSPS) is 14.3. The second kappa shape index (κ2) is 9.35. The minimum atomic E-state index is -0.880. The van der Waals surface area contributed by atoms with E-state index < -0.39 is 10.8 Å². The Kier molecular flexibility index (Phi) is 8.16. The van der Waals surface area contributed by atoms with E-state index in [0.29, 0.717) is 5.75 Å². The molecule has 1 heterocycles. The van der Waals surface area contributed by atoms with Gasteiger partial charge < -0.3 is 9.84 Å². The molecule has 2 atom stereocenters. The number of carbonyl (C=O) groups is 1. The van der Waals surface area contributed by atoms with Crippen molar-refractivity contribution in [2.75, 3.05) is 19.0 Å². The molecule has 1 N–H and O–H groups in total. The van der Waals surface area contributed by atoms with Gasteiger partial charge in [-0.1, -0.05) is 12.7 Å². The molecule has 0 bridgehead atoms. The minimum Gasteiger partial charge on any atom is -0.461 e. The van der Waals surface area contributed by atoms with Gasteiger partial charge in [0.2, 0.25) is 0 Å². The molecule has 4 nitrogen and oxygen atoms in total. The van der Waals surface area contributed by atoms with Gasteiger partial charge in [0.25, 0.3) is 0 Å². The molecule has 0 saturated carbocycles. The molecule has 0 radical (unpaired) electrons. The first-order chi connectivity index (χ1) is 10.8. The zero-order valence-electron chi connectivity index (χ0n) is 14.0. The van der Waals surface area contributed by atoms with Crippen molar-refractivity contribution in [3.8, 4) is 0 Å². The minimum absolute atomic E-state index is 0.100. The Morgan fingerprint density at radius 2 is 2.17 bits per heavy atom. The maximum absolute atomic E-state index is 12.1. The van der Waals surface area contributed by atoms with Gasteiger partial charge in [0, 0.05) is 37.0 Å². The first-order valence-electron chi connectivity index (χ1n) is 7.62. The molecule has 0 amide bonds. The molecular weight excluding hydrogens is 332 g/mol. The average Bonchev–Trinajstić information content (AvgIpc) is 2.95. The number of thiophene rings is 1. The van der Waals surface area contributed by atoms with Crippen molar-refractivity contribution >= 4 is 28.1 Å². The van der Waals surface area contributed by atoms with E-state index in [1.165, 1.54) is 6.08 Å². The lowest BCUT2D eigenvalue weighted by Crippen LogP contribution is -2.24. The third-order valence-electron chi connectivity index (χ3n) is 3.30. The first-order valence-corrected chi connectivity index (χ1v) is 9.76. The molecule has 0 aliphatic rings. The third-order valence-corrected chi connectivity index (χ3v) is 6.55. The summed E-state index contributed by atoms with van der Waals surface area (Å²) < 4.78 is 16.8.